The number of hydrogen-bond donors (Lipinski definition) is 1. The first-order valence-corrected chi connectivity index (χ1v) is 12.8. The van der Waals surface area contributed by atoms with Gasteiger partial charge in [-0.2, -0.15) is 0 Å². The van der Waals surface area contributed by atoms with E-state index in [9.17, 15) is 14.4 Å². The Morgan fingerprint density at radius 1 is 1.00 bits per heavy atom. The maximum absolute atomic E-state index is 13.9. The van der Waals surface area contributed by atoms with E-state index in [-0.39, 0.29) is 36.7 Å². The number of benzene rings is 3. The number of amides is 3. The van der Waals surface area contributed by atoms with Crippen LogP contribution in [-0.2, 0) is 16.1 Å². The van der Waals surface area contributed by atoms with Crippen molar-refractivity contribution in [2.75, 3.05) is 18.0 Å². The number of halogens is 2. The molecule has 0 aliphatic carbocycles. The van der Waals surface area contributed by atoms with E-state index in [0.29, 0.717) is 39.8 Å². The topological polar surface area (TPSA) is 69.7 Å². The van der Waals surface area contributed by atoms with Gasteiger partial charge < -0.3 is 10.2 Å². The van der Waals surface area contributed by atoms with Gasteiger partial charge >= 0.3 is 0 Å². The Morgan fingerprint density at radius 2 is 1.64 bits per heavy atom. The Labute approximate surface area is 221 Å². The summed E-state index contributed by atoms with van der Waals surface area (Å²) >= 11 is 12.9. The van der Waals surface area contributed by atoms with Crippen molar-refractivity contribution in [2.24, 2.45) is 5.92 Å². The smallest absolute Gasteiger partial charge is 0.259 e. The van der Waals surface area contributed by atoms with Crippen molar-refractivity contribution in [1.29, 1.82) is 0 Å². The molecule has 4 rings (SSSR count). The first kappa shape index (κ1) is 26.0. The van der Waals surface area contributed by atoms with Crippen LogP contribution in [0.5, 0.6) is 0 Å². The second-order valence-corrected chi connectivity index (χ2v) is 10.2. The van der Waals surface area contributed by atoms with E-state index in [2.05, 4.69) is 5.32 Å². The Bertz CT molecular complexity index is 1300. The van der Waals surface area contributed by atoms with Crippen LogP contribution in [0.2, 0.25) is 10.0 Å². The molecule has 0 fully saturated rings. The molecule has 6 nitrogen and oxygen atoms in total. The van der Waals surface area contributed by atoms with E-state index in [1.807, 2.05) is 51.1 Å². The van der Waals surface area contributed by atoms with Gasteiger partial charge in [0.05, 0.1) is 5.69 Å². The number of anilines is 1. The Balaban J connectivity index is 1.67. The zero-order valence-electron chi connectivity index (χ0n) is 20.6. The van der Waals surface area contributed by atoms with Gasteiger partial charge in [-0.05, 0) is 42.0 Å². The lowest BCUT2D eigenvalue weighted by Gasteiger charge is -2.32. The molecule has 188 valence electrons. The van der Waals surface area contributed by atoms with Gasteiger partial charge in [0.2, 0.25) is 11.8 Å². The zero-order valence-corrected chi connectivity index (χ0v) is 22.1. The first-order valence-electron chi connectivity index (χ1n) is 12.1. The predicted octanol–water partition coefficient (Wildman–Crippen LogP) is 5.69. The highest BCUT2D eigenvalue weighted by Gasteiger charge is 2.35. The molecule has 3 aromatic rings. The van der Waals surface area contributed by atoms with Gasteiger partial charge in [0.1, 0.15) is 12.6 Å². The molecule has 36 heavy (non-hydrogen) atoms. The molecule has 0 saturated carbocycles. The Morgan fingerprint density at radius 3 is 2.28 bits per heavy atom. The highest BCUT2D eigenvalue weighted by molar-refractivity contribution is 6.36. The molecule has 3 amide bonds. The second-order valence-electron chi connectivity index (χ2n) is 9.36. The van der Waals surface area contributed by atoms with Gasteiger partial charge in [-0.25, -0.2) is 0 Å². The lowest BCUT2D eigenvalue weighted by molar-refractivity contribution is -0.140. The van der Waals surface area contributed by atoms with Crippen molar-refractivity contribution in [3.05, 3.63) is 75.8 Å². The van der Waals surface area contributed by atoms with Crippen LogP contribution in [0.25, 0.3) is 10.8 Å². The fraction of sp³-hybridized carbons (Fsp3) is 0.321. The normalized spacial score (nSPS) is 13.4. The van der Waals surface area contributed by atoms with Crippen LogP contribution < -0.4 is 10.2 Å². The molecule has 3 aromatic carbocycles. The number of nitrogens with one attached hydrogen (secondary N) is 1. The third-order valence-corrected chi connectivity index (χ3v) is 7.11. The summed E-state index contributed by atoms with van der Waals surface area (Å²) in [5.74, 6) is -0.588. The van der Waals surface area contributed by atoms with Gasteiger partial charge in [-0.1, -0.05) is 74.3 Å². The average Bonchev–Trinajstić information content (AvgIpc) is 3.12. The molecular formula is C28H29Cl2N3O3. The number of rotatable bonds is 9. The Hall–Kier alpha value is -3.09. The van der Waals surface area contributed by atoms with Crippen LogP contribution in [-0.4, -0.2) is 41.8 Å². The van der Waals surface area contributed by atoms with Crippen LogP contribution in [0.4, 0.5) is 5.69 Å². The molecule has 8 heteroatoms. The number of nitrogens with zero attached hydrogens (tertiary/aromatic N) is 2. The average molecular weight is 526 g/mol. The van der Waals surface area contributed by atoms with Crippen LogP contribution in [0.15, 0.2) is 54.6 Å². The van der Waals surface area contributed by atoms with Gasteiger partial charge in [0.25, 0.3) is 5.91 Å². The lowest BCUT2D eigenvalue weighted by atomic mass is 10.1. The molecule has 0 spiro atoms. The van der Waals surface area contributed by atoms with Crippen molar-refractivity contribution in [3.63, 3.8) is 0 Å². The summed E-state index contributed by atoms with van der Waals surface area (Å²) in [6.07, 6.45) is 0.390. The molecule has 0 radical (unpaired) electrons. The van der Waals surface area contributed by atoms with Crippen molar-refractivity contribution in [3.8, 4) is 0 Å². The van der Waals surface area contributed by atoms with Crippen LogP contribution in [0, 0.1) is 5.92 Å². The monoisotopic (exact) mass is 525 g/mol. The molecule has 0 aromatic heterocycles. The van der Waals surface area contributed by atoms with Crippen molar-refractivity contribution in [2.45, 2.75) is 39.8 Å². The van der Waals surface area contributed by atoms with E-state index < -0.39 is 6.04 Å². The number of carbonyl (C=O) groups is 3. The summed E-state index contributed by atoms with van der Waals surface area (Å²) in [6, 6.07) is 15.6. The summed E-state index contributed by atoms with van der Waals surface area (Å²) in [4.78, 5) is 43.3. The van der Waals surface area contributed by atoms with Gasteiger partial charge in [0, 0.05) is 39.6 Å². The van der Waals surface area contributed by atoms with Crippen LogP contribution >= 0.6 is 23.2 Å². The minimum atomic E-state index is -0.750. The van der Waals surface area contributed by atoms with Crippen LogP contribution in [0.1, 0.15) is 43.1 Å². The molecule has 1 heterocycles. The third-order valence-electron chi connectivity index (χ3n) is 6.40. The van der Waals surface area contributed by atoms with Crippen molar-refractivity contribution >= 4 is 57.4 Å². The fourth-order valence-corrected chi connectivity index (χ4v) is 5.07. The summed E-state index contributed by atoms with van der Waals surface area (Å²) in [7, 11) is 0. The van der Waals surface area contributed by atoms with Gasteiger partial charge in [0.15, 0.2) is 0 Å². The molecule has 0 unspecified atom stereocenters. The molecule has 1 aliphatic heterocycles. The van der Waals surface area contributed by atoms with E-state index in [0.717, 1.165) is 10.8 Å². The van der Waals surface area contributed by atoms with Crippen LogP contribution in [0.3, 0.4) is 0 Å². The largest absolute Gasteiger partial charge is 0.354 e. The quantitative estimate of drug-likeness (QED) is 0.390. The van der Waals surface area contributed by atoms with E-state index in [4.69, 9.17) is 23.2 Å². The summed E-state index contributed by atoms with van der Waals surface area (Å²) in [5.41, 5.74) is 1.82. The number of carbonyl (C=O) groups excluding carboxylic acids is 3. The maximum atomic E-state index is 13.9. The molecule has 1 aliphatic rings. The minimum Gasteiger partial charge on any atom is -0.354 e. The summed E-state index contributed by atoms with van der Waals surface area (Å²) in [5, 5.41) is 5.53. The zero-order chi connectivity index (χ0) is 26.0. The molecular weight excluding hydrogens is 497 g/mol. The lowest BCUT2D eigenvalue weighted by Crippen LogP contribution is -2.52. The molecule has 0 bridgehead atoms. The maximum Gasteiger partial charge on any atom is 0.259 e. The standard InChI is InChI=1S/C28H29Cl2N3O3/c1-4-23(27(35)31-14-17(2)3)32(15-20-21(29)11-7-12-22(20)30)25(34)16-33-24-13-6-9-18-8-5-10-19(26(18)24)28(33)36/h5-13,17,23H,4,14-16H2,1-3H3,(H,31,35)/t23-/m1/s1. The van der Waals surface area contributed by atoms with Gasteiger partial charge in [-0.3, -0.25) is 19.3 Å². The van der Waals surface area contributed by atoms with E-state index in [1.54, 1.807) is 24.3 Å². The SMILES string of the molecule is CC[C@H](C(=O)NCC(C)C)N(Cc1c(Cl)cccc1Cl)C(=O)CN1C(=O)c2cccc3cccc1c23. The minimum absolute atomic E-state index is 0.0458. The number of hydrogen-bond acceptors (Lipinski definition) is 3. The fourth-order valence-electron chi connectivity index (χ4n) is 4.56. The molecule has 1 atom stereocenters. The highest BCUT2D eigenvalue weighted by atomic mass is 35.5. The van der Waals surface area contributed by atoms with Crippen molar-refractivity contribution < 1.29 is 14.4 Å². The highest BCUT2D eigenvalue weighted by Crippen LogP contribution is 2.37. The first-order chi connectivity index (χ1) is 17.2. The van der Waals surface area contributed by atoms with Gasteiger partial charge in [-0.15, -0.1) is 0 Å². The third kappa shape index (κ3) is 5.06. The van der Waals surface area contributed by atoms with E-state index in [1.165, 1.54) is 9.80 Å². The van der Waals surface area contributed by atoms with E-state index >= 15 is 0 Å². The predicted molar refractivity (Wildman–Crippen MR) is 145 cm³/mol. The Kier molecular flexibility index (Phi) is 7.86. The molecule has 0 saturated heterocycles. The molecule has 1 N–H and O–H groups in total. The summed E-state index contributed by atoms with van der Waals surface area (Å²) < 4.78 is 0. The van der Waals surface area contributed by atoms with Crippen molar-refractivity contribution in [1.82, 2.24) is 10.2 Å². The summed E-state index contributed by atoms with van der Waals surface area (Å²) in [6.45, 7) is 6.19. The second kappa shape index (κ2) is 10.9.